The Kier molecular flexibility index (Phi) is 6.42. The lowest BCUT2D eigenvalue weighted by Gasteiger charge is -2.18. The van der Waals surface area contributed by atoms with Crippen LogP contribution < -0.4 is 10.1 Å². The number of aromatic nitrogens is 5. The number of aryl methyl sites for hydroxylation is 2. The van der Waals surface area contributed by atoms with Gasteiger partial charge in [0.15, 0.2) is 5.82 Å². The molecule has 4 rings (SSSR count). The number of hydrogen-bond acceptors (Lipinski definition) is 6. The zero-order valence-electron chi connectivity index (χ0n) is 19.4. The second-order valence-electron chi connectivity index (χ2n) is 8.01. The third kappa shape index (κ3) is 5.08. The number of halogens is 4. The fourth-order valence-corrected chi connectivity index (χ4v) is 3.55. The number of pyridine rings is 1. The van der Waals surface area contributed by atoms with Crippen molar-refractivity contribution >= 4 is 5.82 Å². The average molecular weight is 486 g/mol. The smallest absolute Gasteiger partial charge is 0.419 e. The van der Waals surface area contributed by atoms with E-state index in [1.165, 1.54) is 13.2 Å². The van der Waals surface area contributed by atoms with Gasteiger partial charge in [0, 0.05) is 6.20 Å². The molecule has 0 aliphatic carbocycles. The van der Waals surface area contributed by atoms with Gasteiger partial charge in [-0.15, -0.1) is 10.2 Å². The van der Waals surface area contributed by atoms with Crippen LogP contribution in [0.1, 0.15) is 35.3 Å². The van der Waals surface area contributed by atoms with Gasteiger partial charge >= 0.3 is 6.18 Å². The number of anilines is 1. The van der Waals surface area contributed by atoms with E-state index in [-0.39, 0.29) is 5.56 Å². The lowest BCUT2D eigenvalue weighted by Crippen LogP contribution is -2.13. The van der Waals surface area contributed by atoms with Gasteiger partial charge in [0.2, 0.25) is 5.88 Å². The second-order valence-corrected chi connectivity index (χ2v) is 8.01. The first kappa shape index (κ1) is 24.1. The van der Waals surface area contributed by atoms with Crippen molar-refractivity contribution in [3.8, 4) is 23.0 Å². The standard InChI is InChI=1S/C24H22F4N6O/c1-13-9-20(19-7-8-21(23(31-19)35-4)34-11-14(2)29-12-34)32-33-22(13)30-15(3)16-5-6-18(25)17(10-16)24(26,27)28/h5-12,15H,1-4H3,(H,30,33). The molecule has 4 aromatic rings. The van der Waals surface area contributed by atoms with Crippen LogP contribution in [0.4, 0.5) is 23.4 Å². The third-order valence-electron chi connectivity index (χ3n) is 5.42. The molecule has 0 radical (unpaired) electrons. The Bertz CT molecular complexity index is 1370. The molecule has 0 spiro atoms. The van der Waals surface area contributed by atoms with Crippen LogP contribution in [-0.2, 0) is 6.18 Å². The van der Waals surface area contributed by atoms with Gasteiger partial charge in [-0.3, -0.25) is 0 Å². The first-order valence-electron chi connectivity index (χ1n) is 10.6. The molecule has 0 saturated carbocycles. The maximum absolute atomic E-state index is 13.6. The van der Waals surface area contributed by atoms with Crippen LogP contribution >= 0.6 is 0 Å². The van der Waals surface area contributed by atoms with Crippen LogP contribution in [0.3, 0.4) is 0 Å². The summed E-state index contributed by atoms with van der Waals surface area (Å²) in [4.78, 5) is 8.74. The Morgan fingerprint density at radius 1 is 1.03 bits per heavy atom. The maximum Gasteiger partial charge on any atom is 0.419 e. The average Bonchev–Trinajstić information content (AvgIpc) is 3.25. The Hall–Kier alpha value is -4.02. The zero-order chi connectivity index (χ0) is 25.3. The minimum Gasteiger partial charge on any atom is -0.479 e. The number of imidazole rings is 1. The number of hydrogen-bond donors (Lipinski definition) is 1. The monoisotopic (exact) mass is 486 g/mol. The quantitative estimate of drug-likeness (QED) is 0.353. The zero-order valence-corrected chi connectivity index (χ0v) is 19.4. The van der Waals surface area contributed by atoms with E-state index in [1.807, 2.05) is 19.2 Å². The summed E-state index contributed by atoms with van der Waals surface area (Å²) in [6.45, 7) is 5.33. The highest BCUT2D eigenvalue weighted by Gasteiger charge is 2.34. The fourth-order valence-electron chi connectivity index (χ4n) is 3.55. The molecular formula is C24H22F4N6O. The lowest BCUT2D eigenvalue weighted by molar-refractivity contribution is -0.140. The van der Waals surface area contributed by atoms with E-state index in [0.29, 0.717) is 34.3 Å². The van der Waals surface area contributed by atoms with Crippen molar-refractivity contribution in [2.75, 3.05) is 12.4 Å². The largest absolute Gasteiger partial charge is 0.479 e. The number of alkyl halides is 3. The SMILES string of the molecule is COc1nc(-c2cc(C)c(NC(C)c3ccc(F)c(C(F)(F)F)c3)nn2)ccc1-n1cnc(C)c1. The topological polar surface area (TPSA) is 77.8 Å². The highest BCUT2D eigenvalue weighted by Crippen LogP contribution is 2.34. The summed E-state index contributed by atoms with van der Waals surface area (Å²) in [5.74, 6) is -0.547. The molecule has 1 unspecified atom stereocenters. The van der Waals surface area contributed by atoms with Crippen molar-refractivity contribution in [2.24, 2.45) is 0 Å². The molecule has 182 valence electrons. The lowest BCUT2D eigenvalue weighted by atomic mass is 10.0. The van der Waals surface area contributed by atoms with Crippen molar-refractivity contribution in [3.05, 3.63) is 77.1 Å². The molecule has 0 amide bonds. The molecule has 0 aliphatic rings. The summed E-state index contributed by atoms with van der Waals surface area (Å²) in [6, 6.07) is 7.71. The Morgan fingerprint density at radius 2 is 1.80 bits per heavy atom. The molecule has 0 fully saturated rings. The summed E-state index contributed by atoms with van der Waals surface area (Å²) >= 11 is 0. The third-order valence-corrected chi connectivity index (χ3v) is 5.42. The van der Waals surface area contributed by atoms with Crippen LogP contribution in [0.5, 0.6) is 5.88 Å². The van der Waals surface area contributed by atoms with Crippen molar-refractivity contribution in [1.82, 2.24) is 24.7 Å². The maximum atomic E-state index is 13.6. The van der Waals surface area contributed by atoms with Gasteiger partial charge in [-0.1, -0.05) is 6.07 Å². The normalized spacial score (nSPS) is 12.5. The summed E-state index contributed by atoms with van der Waals surface area (Å²) < 4.78 is 60.1. The van der Waals surface area contributed by atoms with Crippen LogP contribution in [0.15, 0.2) is 48.9 Å². The molecule has 0 saturated heterocycles. The minimum absolute atomic E-state index is 0.265. The van der Waals surface area contributed by atoms with E-state index in [1.54, 1.807) is 36.9 Å². The number of benzene rings is 1. The number of ether oxygens (including phenoxy) is 1. The van der Waals surface area contributed by atoms with E-state index in [9.17, 15) is 17.6 Å². The summed E-state index contributed by atoms with van der Waals surface area (Å²) in [5.41, 5.74) is 2.25. The fraction of sp³-hybridized carbons (Fsp3) is 0.250. The molecule has 0 aliphatic heterocycles. The van der Waals surface area contributed by atoms with Gasteiger partial charge in [0.05, 0.1) is 36.4 Å². The van der Waals surface area contributed by atoms with E-state index in [4.69, 9.17) is 4.74 Å². The molecule has 35 heavy (non-hydrogen) atoms. The Labute approximate surface area is 198 Å². The first-order valence-corrected chi connectivity index (χ1v) is 10.6. The predicted molar refractivity (Wildman–Crippen MR) is 122 cm³/mol. The molecule has 7 nitrogen and oxygen atoms in total. The molecular weight excluding hydrogens is 464 g/mol. The number of nitrogens with one attached hydrogen (secondary N) is 1. The molecule has 3 aromatic heterocycles. The summed E-state index contributed by atoms with van der Waals surface area (Å²) in [6.07, 6.45) is -1.26. The van der Waals surface area contributed by atoms with Gasteiger partial charge in [-0.2, -0.15) is 13.2 Å². The van der Waals surface area contributed by atoms with E-state index < -0.39 is 23.6 Å². The number of methoxy groups -OCH3 is 1. The van der Waals surface area contributed by atoms with Crippen LogP contribution in [0.2, 0.25) is 0 Å². The molecule has 0 bridgehead atoms. The van der Waals surface area contributed by atoms with Crippen molar-refractivity contribution in [2.45, 2.75) is 33.0 Å². The van der Waals surface area contributed by atoms with Crippen molar-refractivity contribution in [3.63, 3.8) is 0 Å². The molecule has 1 atom stereocenters. The number of rotatable bonds is 6. The molecule has 3 heterocycles. The Balaban J connectivity index is 1.57. The highest BCUT2D eigenvalue weighted by molar-refractivity contribution is 5.61. The Morgan fingerprint density at radius 3 is 2.43 bits per heavy atom. The van der Waals surface area contributed by atoms with Crippen molar-refractivity contribution in [1.29, 1.82) is 0 Å². The van der Waals surface area contributed by atoms with Gasteiger partial charge in [-0.05, 0) is 62.2 Å². The van der Waals surface area contributed by atoms with Crippen LogP contribution in [-0.4, -0.2) is 31.8 Å². The van der Waals surface area contributed by atoms with Gasteiger partial charge in [0.25, 0.3) is 0 Å². The van der Waals surface area contributed by atoms with Crippen LogP contribution in [0, 0.1) is 19.7 Å². The van der Waals surface area contributed by atoms with E-state index >= 15 is 0 Å². The number of nitrogens with zero attached hydrogens (tertiary/aromatic N) is 5. The summed E-state index contributed by atoms with van der Waals surface area (Å²) in [5, 5.41) is 11.5. The van der Waals surface area contributed by atoms with Gasteiger partial charge in [-0.25, -0.2) is 14.4 Å². The van der Waals surface area contributed by atoms with Crippen molar-refractivity contribution < 1.29 is 22.3 Å². The molecule has 1 N–H and O–H groups in total. The summed E-state index contributed by atoms with van der Waals surface area (Å²) in [7, 11) is 1.52. The van der Waals surface area contributed by atoms with E-state index in [0.717, 1.165) is 17.8 Å². The molecule has 1 aromatic carbocycles. The first-order chi connectivity index (χ1) is 16.6. The predicted octanol–water partition coefficient (Wildman–Crippen LogP) is 5.68. The van der Waals surface area contributed by atoms with Gasteiger partial charge in [0.1, 0.15) is 17.2 Å². The van der Waals surface area contributed by atoms with Crippen LogP contribution in [0.25, 0.3) is 17.1 Å². The second kappa shape index (κ2) is 9.32. The minimum atomic E-state index is -4.78. The molecule has 11 heteroatoms. The van der Waals surface area contributed by atoms with E-state index in [2.05, 4.69) is 25.5 Å². The van der Waals surface area contributed by atoms with Gasteiger partial charge < -0.3 is 14.6 Å². The highest BCUT2D eigenvalue weighted by atomic mass is 19.4.